The molecule has 2 rings (SSSR count). The van der Waals surface area contributed by atoms with Gasteiger partial charge in [-0.2, -0.15) is 0 Å². The van der Waals surface area contributed by atoms with Gasteiger partial charge in [0, 0.05) is 0 Å². The van der Waals surface area contributed by atoms with E-state index >= 15 is 0 Å². The molecule has 0 aliphatic carbocycles. The van der Waals surface area contributed by atoms with Crippen molar-refractivity contribution in [3.05, 3.63) is 29.3 Å². The highest BCUT2D eigenvalue weighted by Crippen LogP contribution is 2.36. The zero-order valence-corrected chi connectivity index (χ0v) is 8.66. The molecule has 1 aliphatic rings. The fraction of sp³-hybridized carbons (Fsp3) is 0.500. The molecule has 0 saturated heterocycles. The molecule has 2 unspecified atom stereocenters. The Morgan fingerprint density at radius 3 is 3.00 bits per heavy atom. The number of hydrogen-bond donors (Lipinski definition) is 1. The summed E-state index contributed by atoms with van der Waals surface area (Å²) >= 11 is 0. The minimum atomic E-state index is -0.0276. The number of rotatable bonds is 1. The Morgan fingerprint density at radius 2 is 2.29 bits per heavy atom. The number of ether oxygens (including phenoxy) is 1. The van der Waals surface area contributed by atoms with Crippen LogP contribution in [-0.4, -0.2) is 17.8 Å². The second-order valence-electron chi connectivity index (χ2n) is 4.10. The lowest BCUT2D eigenvalue weighted by atomic mass is 9.91. The van der Waals surface area contributed by atoms with Crippen molar-refractivity contribution in [3.8, 4) is 5.75 Å². The van der Waals surface area contributed by atoms with Crippen molar-refractivity contribution in [2.45, 2.75) is 32.3 Å². The molecule has 0 spiro atoms. The third kappa shape index (κ3) is 1.62. The molecular formula is C12H16O2. The van der Waals surface area contributed by atoms with E-state index in [4.69, 9.17) is 9.84 Å². The SMILES string of the molecule is Cc1ccc2c(c1)C(C)CC(CO)O2. The van der Waals surface area contributed by atoms with Gasteiger partial charge in [-0.05, 0) is 30.9 Å². The van der Waals surface area contributed by atoms with Crippen LogP contribution in [-0.2, 0) is 0 Å². The molecule has 1 aromatic rings. The van der Waals surface area contributed by atoms with Crippen LogP contribution in [0.2, 0.25) is 0 Å². The standard InChI is InChI=1S/C12H16O2/c1-8-3-4-12-11(5-8)9(2)6-10(7-13)14-12/h3-5,9-10,13H,6-7H2,1-2H3. The van der Waals surface area contributed by atoms with Crippen molar-refractivity contribution in [1.29, 1.82) is 0 Å². The second-order valence-corrected chi connectivity index (χ2v) is 4.10. The molecule has 2 atom stereocenters. The lowest BCUT2D eigenvalue weighted by molar-refractivity contribution is 0.0902. The number of aliphatic hydroxyl groups excluding tert-OH is 1. The summed E-state index contributed by atoms with van der Waals surface area (Å²) in [5.41, 5.74) is 2.54. The summed E-state index contributed by atoms with van der Waals surface area (Å²) in [7, 11) is 0. The van der Waals surface area contributed by atoms with Crippen molar-refractivity contribution >= 4 is 0 Å². The van der Waals surface area contributed by atoms with Gasteiger partial charge in [0.2, 0.25) is 0 Å². The Bertz CT molecular complexity index is 333. The molecule has 14 heavy (non-hydrogen) atoms. The molecule has 1 aliphatic heterocycles. The summed E-state index contributed by atoms with van der Waals surface area (Å²) in [6.07, 6.45) is 0.882. The topological polar surface area (TPSA) is 29.5 Å². The predicted molar refractivity (Wildman–Crippen MR) is 55.7 cm³/mol. The van der Waals surface area contributed by atoms with Gasteiger partial charge in [0.05, 0.1) is 6.61 Å². The molecule has 0 saturated carbocycles. The first kappa shape index (κ1) is 9.53. The molecule has 0 fully saturated rings. The Hall–Kier alpha value is -1.02. The summed E-state index contributed by atoms with van der Waals surface area (Å²) in [5.74, 6) is 1.42. The molecular weight excluding hydrogens is 176 g/mol. The molecule has 0 amide bonds. The van der Waals surface area contributed by atoms with Crippen molar-refractivity contribution in [2.24, 2.45) is 0 Å². The van der Waals surface area contributed by atoms with Crippen LogP contribution in [0.15, 0.2) is 18.2 Å². The molecule has 1 heterocycles. The predicted octanol–water partition coefficient (Wildman–Crippen LogP) is 2.24. The maximum absolute atomic E-state index is 9.06. The van der Waals surface area contributed by atoms with Crippen molar-refractivity contribution in [2.75, 3.05) is 6.61 Å². The maximum Gasteiger partial charge on any atom is 0.123 e. The smallest absolute Gasteiger partial charge is 0.123 e. The van der Waals surface area contributed by atoms with E-state index in [1.807, 2.05) is 12.1 Å². The minimum absolute atomic E-state index is 0.0276. The van der Waals surface area contributed by atoms with Crippen LogP contribution >= 0.6 is 0 Å². The molecule has 0 aromatic heterocycles. The molecule has 0 radical (unpaired) electrons. The molecule has 1 aromatic carbocycles. The van der Waals surface area contributed by atoms with E-state index in [0.717, 1.165) is 12.2 Å². The van der Waals surface area contributed by atoms with Crippen molar-refractivity contribution < 1.29 is 9.84 Å². The van der Waals surface area contributed by atoms with Gasteiger partial charge in [-0.3, -0.25) is 0 Å². The van der Waals surface area contributed by atoms with Gasteiger partial charge in [-0.15, -0.1) is 0 Å². The molecule has 76 valence electrons. The summed E-state index contributed by atoms with van der Waals surface area (Å²) < 4.78 is 5.66. The molecule has 2 nitrogen and oxygen atoms in total. The van der Waals surface area contributed by atoms with E-state index in [1.54, 1.807) is 0 Å². The van der Waals surface area contributed by atoms with Gasteiger partial charge in [0.1, 0.15) is 11.9 Å². The summed E-state index contributed by atoms with van der Waals surface area (Å²) in [6.45, 7) is 4.38. The van der Waals surface area contributed by atoms with Gasteiger partial charge in [-0.25, -0.2) is 0 Å². The lowest BCUT2D eigenvalue weighted by Gasteiger charge is -2.29. The largest absolute Gasteiger partial charge is 0.488 e. The number of aliphatic hydroxyl groups is 1. The maximum atomic E-state index is 9.06. The molecule has 1 N–H and O–H groups in total. The van der Waals surface area contributed by atoms with Gasteiger partial charge in [0.15, 0.2) is 0 Å². The van der Waals surface area contributed by atoms with Crippen LogP contribution in [0.25, 0.3) is 0 Å². The number of fused-ring (bicyclic) bond motifs is 1. The van der Waals surface area contributed by atoms with Crippen LogP contribution in [0.3, 0.4) is 0 Å². The van der Waals surface area contributed by atoms with Crippen LogP contribution in [0, 0.1) is 6.92 Å². The van der Waals surface area contributed by atoms with Gasteiger partial charge in [0.25, 0.3) is 0 Å². The Labute approximate surface area is 84.5 Å². The number of benzene rings is 1. The average Bonchev–Trinajstić information content (AvgIpc) is 2.19. The zero-order valence-electron chi connectivity index (χ0n) is 8.66. The summed E-state index contributed by atoms with van der Waals surface area (Å²) in [4.78, 5) is 0. The minimum Gasteiger partial charge on any atom is -0.488 e. The first-order valence-corrected chi connectivity index (χ1v) is 5.08. The molecule has 0 bridgehead atoms. The van der Waals surface area contributed by atoms with E-state index in [0.29, 0.717) is 5.92 Å². The fourth-order valence-electron chi connectivity index (χ4n) is 2.02. The van der Waals surface area contributed by atoms with E-state index in [-0.39, 0.29) is 12.7 Å². The van der Waals surface area contributed by atoms with Crippen LogP contribution in [0.4, 0.5) is 0 Å². The first-order chi connectivity index (χ1) is 6.70. The third-order valence-corrected chi connectivity index (χ3v) is 2.81. The fourth-order valence-corrected chi connectivity index (χ4v) is 2.02. The average molecular weight is 192 g/mol. The Morgan fingerprint density at radius 1 is 1.50 bits per heavy atom. The normalized spacial score (nSPS) is 25.4. The van der Waals surface area contributed by atoms with Crippen LogP contribution in [0.5, 0.6) is 5.75 Å². The van der Waals surface area contributed by atoms with E-state index < -0.39 is 0 Å². The quantitative estimate of drug-likeness (QED) is 0.739. The van der Waals surface area contributed by atoms with Crippen molar-refractivity contribution in [1.82, 2.24) is 0 Å². The van der Waals surface area contributed by atoms with Gasteiger partial charge < -0.3 is 9.84 Å². The highest BCUT2D eigenvalue weighted by Gasteiger charge is 2.24. The van der Waals surface area contributed by atoms with Gasteiger partial charge in [-0.1, -0.05) is 24.6 Å². The van der Waals surface area contributed by atoms with Gasteiger partial charge >= 0.3 is 0 Å². The van der Waals surface area contributed by atoms with E-state index in [1.165, 1.54) is 11.1 Å². The van der Waals surface area contributed by atoms with E-state index in [2.05, 4.69) is 19.9 Å². The highest BCUT2D eigenvalue weighted by atomic mass is 16.5. The highest BCUT2D eigenvalue weighted by molar-refractivity contribution is 5.40. The van der Waals surface area contributed by atoms with E-state index in [9.17, 15) is 0 Å². The third-order valence-electron chi connectivity index (χ3n) is 2.81. The lowest BCUT2D eigenvalue weighted by Crippen LogP contribution is -2.27. The zero-order chi connectivity index (χ0) is 10.1. The molecule has 2 heteroatoms. The Kier molecular flexibility index (Phi) is 2.46. The first-order valence-electron chi connectivity index (χ1n) is 5.08. The van der Waals surface area contributed by atoms with Crippen molar-refractivity contribution in [3.63, 3.8) is 0 Å². The Balaban J connectivity index is 2.35. The number of hydrogen-bond acceptors (Lipinski definition) is 2. The van der Waals surface area contributed by atoms with Crippen LogP contribution in [0.1, 0.15) is 30.4 Å². The number of aryl methyl sites for hydroxylation is 1. The summed E-state index contributed by atoms with van der Waals surface area (Å²) in [5, 5.41) is 9.06. The summed E-state index contributed by atoms with van der Waals surface area (Å²) in [6, 6.07) is 6.22. The second kappa shape index (κ2) is 3.62. The van der Waals surface area contributed by atoms with Crippen LogP contribution < -0.4 is 4.74 Å². The monoisotopic (exact) mass is 192 g/mol.